The van der Waals surface area contributed by atoms with Crippen molar-refractivity contribution in [1.82, 2.24) is 0 Å². The number of halogens is 1. The standard InChI is InChI=1S/C14H20BrNO3/c1-14(2,3)10-6-8(15)5-9(13(10)19-4)11(16)7-12(17)18/h5-6,11H,7,16H2,1-4H3,(H,17,18). The lowest BCUT2D eigenvalue weighted by molar-refractivity contribution is -0.137. The lowest BCUT2D eigenvalue weighted by Gasteiger charge is -2.26. The van der Waals surface area contributed by atoms with Crippen LogP contribution in [0.3, 0.4) is 0 Å². The Balaban J connectivity index is 3.39. The zero-order valence-corrected chi connectivity index (χ0v) is 13.2. The van der Waals surface area contributed by atoms with Gasteiger partial charge in [-0.2, -0.15) is 0 Å². The van der Waals surface area contributed by atoms with Crippen LogP contribution in [0.25, 0.3) is 0 Å². The molecule has 0 aromatic heterocycles. The molecule has 19 heavy (non-hydrogen) atoms. The summed E-state index contributed by atoms with van der Waals surface area (Å²) in [6.45, 7) is 6.22. The van der Waals surface area contributed by atoms with Crippen LogP contribution in [0, 0.1) is 0 Å². The molecule has 0 aliphatic rings. The summed E-state index contributed by atoms with van der Waals surface area (Å²) in [4.78, 5) is 10.8. The third kappa shape index (κ3) is 3.94. The first-order chi connectivity index (χ1) is 8.66. The quantitative estimate of drug-likeness (QED) is 0.889. The Morgan fingerprint density at radius 3 is 2.47 bits per heavy atom. The largest absolute Gasteiger partial charge is 0.496 e. The molecule has 5 heteroatoms. The van der Waals surface area contributed by atoms with Gasteiger partial charge in [0.15, 0.2) is 0 Å². The van der Waals surface area contributed by atoms with Crippen molar-refractivity contribution in [3.05, 3.63) is 27.7 Å². The summed E-state index contributed by atoms with van der Waals surface area (Å²) in [5, 5.41) is 8.87. The molecule has 0 amide bonds. The van der Waals surface area contributed by atoms with Crippen LogP contribution in [0.1, 0.15) is 44.4 Å². The fraction of sp³-hybridized carbons (Fsp3) is 0.500. The van der Waals surface area contributed by atoms with E-state index in [2.05, 4.69) is 36.7 Å². The number of aliphatic carboxylic acids is 1. The molecule has 0 saturated carbocycles. The average Bonchev–Trinajstić information content (AvgIpc) is 2.25. The zero-order chi connectivity index (χ0) is 14.8. The summed E-state index contributed by atoms with van der Waals surface area (Å²) < 4.78 is 6.34. The highest BCUT2D eigenvalue weighted by Gasteiger charge is 2.25. The van der Waals surface area contributed by atoms with Gasteiger partial charge in [-0.15, -0.1) is 0 Å². The van der Waals surface area contributed by atoms with Gasteiger partial charge in [-0.05, 0) is 17.5 Å². The highest BCUT2D eigenvalue weighted by Crippen LogP contribution is 2.39. The first kappa shape index (κ1) is 16.0. The van der Waals surface area contributed by atoms with Gasteiger partial charge in [0.05, 0.1) is 13.5 Å². The third-order valence-electron chi connectivity index (χ3n) is 2.89. The summed E-state index contributed by atoms with van der Waals surface area (Å²) in [7, 11) is 1.58. The Bertz CT molecular complexity index is 480. The normalized spacial score (nSPS) is 13.2. The van der Waals surface area contributed by atoms with Gasteiger partial charge < -0.3 is 15.6 Å². The maximum atomic E-state index is 10.8. The molecule has 4 nitrogen and oxygen atoms in total. The molecular formula is C14H20BrNO3. The van der Waals surface area contributed by atoms with Crippen LogP contribution in [-0.4, -0.2) is 18.2 Å². The second-order valence-corrected chi connectivity index (χ2v) is 6.45. The third-order valence-corrected chi connectivity index (χ3v) is 3.35. The van der Waals surface area contributed by atoms with Crippen molar-refractivity contribution in [2.24, 2.45) is 5.73 Å². The topological polar surface area (TPSA) is 72.5 Å². The lowest BCUT2D eigenvalue weighted by atomic mass is 9.84. The highest BCUT2D eigenvalue weighted by molar-refractivity contribution is 9.10. The minimum atomic E-state index is -0.924. The van der Waals surface area contributed by atoms with Gasteiger partial charge in [0.25, 0.3) is 0 Å². The van der Waals surface area contributed by atoms with E-state index in [4.69, 9.17) is 15.6 Å². The number of hydrogen-bond donors (Lipinski definition) is 2. The smallest absolute Gasteiger partial charge is 0.305 e. The molecule has 106 valence electrons. The van der Waals surface area contributed by atoms with E-state index in [-0.39, 0.29) is 11.8 Å². The number of carbonyl (C=O) groups is 1. The predicted molar refractivity (Wildman–Crippen MR) is 78.6 cm³/mol. The summed E-state index contributed by atoms with van der Waals surface area (Å²) in [6.07, 6.45) is -0.129. The van der Waals surface area contributed by atoms with Gasteiger partial charge in [0, 0.05) is 21.6 Å². The van der Waals surface area contributed by atoms with Crippen molar-refractivity contribution in [2.45, 2.75) is 38.6 Å². The van der Waals surface area contributed by atoms with Crippen LogP contribution < -0.4 is 10.5 Å². The second kappa shape index (κ2) is 5.92. The maximum absolute atomic E-state index is 10.8. The number of carboxylic acid groups (broad SMARTS) is 1. The Hall–Kier alpha value is -1.07. The molecule has 0 heterocycles. The molecular weight excluding hydrogens is 310 g/mol. The minimum absolute atomic E-state index is 0.118. The first-order valence-electron chi connectivity index (χ1n) is 6.02. The maximum Gasteiger partial charge on any atom is 0.305 e. The van der Waals surface area contributed by atoms with Crippen LogP contribution in [0.15, 0.2) is 16.6 Å². The predicted octanol–water partition coefficient (Wildman–Crippen LogP) is 3.23. The molecule has 0 spiro atoms. The number of ether oxygens (including phenoxy) is 1. The first-order valence-corrected chi connectivity index (χ1v) is 6.81. The Labute approximate surface area is 122 Å². The van der Waals surface area contributed by atoms with Crippen molar-refractivity contribution in [3.63, 3.8) is 0 Å². The average molecular weight is 330 g/mol. The lowest BCUT2D eigenvalue weighted by Crippen LogP contribution is -2.19. The Morgan fingerprint density at radius 1 is 1.47 bits per heavy atom. The number of nitrogens with two attached hydrogens (primary N) is 1. The van der Waals surface area contributed by atoms with E-state index in [0.29, 0.717) is 11.3 Å². The van der Waals surface area contributed by atoms with Crippen molar-refractivity contribution in [1.29, 1.82) is 0 Å². The molecule has 0 fully saturated rings. The number of methoxy groups -OCH3 is 1. The van der Waals surface area contributed by atoms with Gasteiger partial charge in [-0.1, -0.05) is 36.7 Å². The number of hydrogen-bond acceptors (Lipinski definition) is 3. The molecule has 1 aromatic rings. The Kier molecular flexibility index (Phi) is 4.98. The van der Waals surface area contributed by atoms with Crippen molar-refractivity contribution in [3.8, 4) is 5.75 Å². The van der Waals surface area contributed by atoms with Crippen LogP contribution in [0.5, 0.6) is 5.75 Å². The number of carboxylic acids is 1. The zero-order valence-electron chi connectivity index (χ0n) is 11.7. The van der Waals surface area contributed by atoms with Crippen LogP contribution >= 0.6 is 15.9 Å². The second-order valence-electron chi connectivity index (χ2n) is 5.53. The van der Waals surface area contributed by atoms with E-state index >= 15 is 0 Å². The van der Waals surface area contributed by atoms with E-state index < -0.39 is 12.0 Å². The van der Waals surface area contributed by atoms with Gasteiger partial charge in [-0.3, -0.25) is 4.79 Å². The van der Waals surface area contributed by atoms with Gasteiger partial charge >= 0.3 is 5.97 Å². The van der Waals surface area contributed by atoms with Crippen molar-refractivity contribution >= 4 is 21.9 Å². The number of benzene rings is 1. The van der Waals surface area contributed by atoms with Crippen molar-refractivity contribution in [2.75, 3.05) is 7.11 Å². The van der Waals surface area contributed by atoms with Gasteiger partial charge in [0.1, 0.15) is 5.75 Å². The van der Waals surface area contributed by atoms with Crippen LogP contribution in [0.2, 0.25) is 0 Å². The highest BCUT2D eigenvalue weighted by atomic mass is 79.9. The molecule has 0 aliphatic heterocycles. The molecule has 0 aliphatic carbocycles. The molecule has 1 atom stereocenters. The molecule has 1 unspecified atom stereocenters. The Morgan fingerprint density at radius 2 is 2.05 bits per heavy atom. The van der Waals surface area contributed by atoms with E-state index in [1.807, 2.05) is 12.1 Å². The fourth-order valence-corrected chi connectivity index (χ4v) is 2.45. The minimum Gasteiger partial charge on any atom is -0.496 e. The van der Waals surface area contributed by atoms with E-state index in [9.17, 15) is 4.79 Å². The molecule has 0 radical (unpaired) electrons. The summed E-state index contributed by atoms with van der Waals surface area (Å²) in [5.74, 6) is -0.253. The molecule has 3 N–H and O–H groups in total. The SMILES string of the molecule is COc1c(C(N)CC(=O)O)cc(Br)cc1C(C)(C)C. The molecule has 1 rings (SSSR count). The van der Waals surface area contributed by atoms with E-state index in [0.717, 1.165) is 10.0 Å². The summed E-state index contributed by atoms with van der Waals surface area (Å²) in [5.41, 5.74) is 7.57. The summed E-state index contributed by atoms with van der Waals surface area (Å²) >= 11 is 3.44. The van der Waals surface area contributed by atoms with Crippen molar-refractivity contribution < 1.29 is 14.6 Å². The van der Waals surface area contributed by atoms with E-state index in [1.165, 1.54) is 0 Å². The molecule has 1 aromatic carbocycles. The molecule has 0 saturated heterocycles. The fourth-order valence-electron chi connectivity index (χ4n) is 1.97. The van der Waals surface area contributed by atoms with Gasteiger partial charge in [-0.25, -0.2) is 0 Å². The molecule has 0 bridgehead atoms. The monoisotopic (exact) mass is 329 g/mol. The van der Waals surface area contributed by atoms with Crippen LogP contribution in [-0.2, 0) is 10.2 Å². The van der Waals surface area contributed by atoms with Crippen LogP contribution in [0.4, 0.5) is 0 Å². The summed E-state index contributed by atoms with van der Waals surface area (Å²) in [6, 6.07) is 3.21. The van der Waals surface area contributed by atoms with E-state index in [1.54, 1.807) is 7.11 Å². The van der Waals surface area contributed by atoms with Gasteiger partial charge in [0.2, 0.25) is 0 Å². The number of rotatable bonds is 4.